The molecular weight excluding hydrogens is 220 g/mol. The summed E-state index contributed by atoms with van der Waals surface area (Å²) in [5.41, 5.74) is 3.03. The minimum absolute atomic E-state index is 0.0983. The molecule has 1 aliphatic rings. The molecule has 1 aromatic heterocycles. The molecule has 6 nitrogen and oxygen atoms in total. The van der Waals surface area contributed by atoms with Gasteiger partial charge >= 0.3 is 0 Å². The molecule has 1 atom stereocenters. The van der Waals surface area contributed by atoms with Crippen LogP contribution in [0.2, 0.25) is 0 Å². The smallest absolute Gasteiger partial charge is 0.262 e. The molecule has 1 aromatic rings. The third-order valence-electron chi connectivity index (χ3n) is 2.37. The van der Waals surface area contributed by atoms with Gasteiger partial charge in [-0.05, 0) is 18.6 Å². The molecule has 17 heavy (non-hydrogen) atoms. The van der Waals surface area contributed by atoms with E-state index in [1.54, 1.807) is 18.3 Å². The number of pyridine rings is 1. The lowest BCUT2D eigenvalue weighted by atomic mass is 10.2. The number of hydrogen-bond acceptors (Lipinski definition) is 4. The lowest BCUT2D eigenvalue weighted by Crippen LogP contribution is -2.39. The highest BCUT2D eigenvalue weighted by atomic mass is 16.2. The highest BCUT2D eigenvalue weighted by Gasteiger charge is 2.26. The van der Waals surface area contributed by atoms with Crippen LogP contribution in [0, 0.1) is 0 Å². The Bertz CT molecular complexity index is 444. The van der Waals surface area contributed by atoms with Gasteiger partial charge in [0.1, 0.15) is 6.04 Å². The fourth-order valence-electron chi connectivity index (χ4n) is 1.50. The van der Waals surface area contributed by atoms with Gasteiger partial charge < -0.3 is 5.32 Å². The van der Waals surface area contributed by atoms with Crippen molar-refractivity contribution in [2.75, 3.05) is 0 Å². The highest BCUT2D eigenvalue weighted by Crippen LogP contribution is 2.05. The number of nitrogens with zero attached hydrogens (tertiary/aromatic N) is 2. The number of carbonyl (C=O) groups excluding carboxylic acids is 2. The van der Waals surface area contributed by atoms with Gasteiger partial charge in [-0.1, -0.05) is 6.07 Å². The first kappa shape index (κ1) is 11.3. The zero-order valence-corrected chi connectivity index (χ0v) is 9.09. The molecule has 0 saturated carbocycles. The number of hydrogen-bond donors (Lipinski definition) is 2. The van der Waals surface area contributed by atoms with Gasteiger partial charge in [0.25, 0.3) is 5.91 Å². The van der Waals surface area contributed by atoms with Gasteiger partial charge in [-0.25, -0.2) is 5.43 Å². The first-order valence-electron chi connectivity index (χ1n) is 5.29. The van der Waals surface area contributed by atoms with Crippen LogP contribution in [0.1, 0.15) is 18.5 Å². The predicted molar refractivity (Wildman–Crippen MR) is 61.1 cm³/mol. The Hall–Kier alpha value is -2.24. The maximum atomic E-state index is 11.5. The molecule has 0 bridgehead atoms. The molecule has 1 saturated heterocycles. The van der Waals surface area contributed by atoms with Crippen LogP contribution in [-0.2, 0) is 9.59 Å². The normalized spacial score (nSPS) is 19.3. The maximum absolute atomic E-state index is 11.5. The molecule has 2 heterocycles. The zero-order chi connectivity index (χ0) is 12.1. The summed E-state index contributed by atoms with van der Waals surface area (Å²) in [7, 11) is 0. The fraction of sp³-hybridized carbons (Fsp3) is 0.273. The van der Waals surface area contributed by atoms with Crippen molar-refractivity contribution in [3.8, 4) is 0 Å². The van der Waals surface area contributed by atoms with E-state index >= 15 is 0 Å². The van der Waals surface area contributed by atoms with Crippen LogP contribution in [0.3, 0.4) is 0 Å². The second-order valence-corrected chi connectivity index (χ2v) is 3.65. The molecule has 2 N–H and O–H groups in total. The lowest BCUT2D eigenvalue weighted by Gasteiger charge is -2.06. The Labute approximate surface area is 98.1 Å². The van der Waals surface area contributed by atoms with Crippen LogP contribution in [0.4, 0.5) is 0 Å². The monoisotopic (exact) mass is 232 g/mol. The zero-order valence-electron chi connectivity index (χ0n) is 9.09. The summed E-state index contributed by atoms with van der Waals surface area (Å²) in [6, 6.07) is 4.92. The van der Waals surface area contributed by atoms with Gasteiger partial charge in [0.2, 0.25) is 5.91 Å². The molecule has 6 heteroatoms. The van der Waals surface area contributed by atoms with E-state index in [4.69, 9.17) is 0 Å². The summed E-state index contributed by atoms with van der Waals surface area (Å²) in [6.07, 6.45) is 4.00. The summed E-state index contributed by atoms with van der Waals surface area (Å²) in [4.78, 5) is 26.4. The van der Waals surface area contributed by atoms with E-state index in [-0.39, 0.29) is 11.8 Å². The maximum Gasteiger partial charge on any atom is 0.262 e. The van der Waals surface area contributed by atoms with Crippen LogP contribution in [0.15, 0.2) is 29.5 Å². The Kier molecular flexibility index (Phi) is 3.44. The molecule has 2 amide bonds. The van der Waals surface area contributed by atoms with E-state index in [0.29, 0.717) is 18.5 Å². The van der Waals surface area contributed by atoms with Crippen molar-refractivity contribution in [3.05, 3.63) is 30.1 Å². The Morgan fingerprint density at radius 1 is 1.59 bits per heavy atom. The molecule has 1 fully saturated rings. The van der Waals surface area contributed by atoms with Crippen molar-refractivity contribution in [2.45, 2.75) is 18.9 Å². The third kappa shape index (κ3) is 3.10. The lowest BCUT2D eigenvalue weighted by molar-refractivity contribution is -0.125. The Morgan fingerprint density at radius 2 is 2.47 bits per heavy atom. The van der Waals surface area contributed by atoms with Crippen molar-refractivity contribution < 1.29 is 9.59 Å². The Balaban J connectivity index is 1.84. The average molecular weight is 232 g/mol. The minimum atomic E-state index is -0.469. The van der Waals surface area contributed by atoms with E-state index in [1.165, 1.54) is 6.21 Å². The van der Waals surface area contributed by atoms with E-state index in [9.17, 15) is 9.59 Å². The van der Waals surface area contributed by atoms with Gasteiger partial charge in [-0.3, -0.25) is 14.6 Å². The van der Waals surface area contributed by atoms with Gasteiger partial charge in [0.05, 0.1) is 11.9 Å². The molecule has 1 unspecified atom stereocenters. The molecule has 0 spiro atoms. The third-order valence-corrected chi connectivity index (χ3v) is 2.37. The number of rotatable bonds is 3. The molecule has 2 rings (SSSR count). The number of nitrogens with one attached hydrogen (secondary N) is 2. The van der Waals surface area contributed by atoms with Gasteiger partial charge in [-0.15, -0.1) is 0 Å². The second-order valence-electron chi connectivity index (χ2n) is 3.65. The molecule has 88 valence electrons. The highest BCUT2D eigenvalue weighted by molar-refractivity contribution is 5.91. The van der Waals surface area contributed by atoms with Crippen molar-refractivity contribution in [3.63, 3.8) is 0 Å². The quantitative estimate of drug-likeness (QED) is 0.559. The van der Waals surface area contributed by atoms with Crippen molar-refractivity contribution >= 4 is 18.0 Å². The summed E-state index contributed by atoms with van der Waals surface area (Å²) in [6.45, 7) is 0. The average Bonchev–Trinajstić information content (AvgIpc) is 2.77. The summed E-state index contributed by atoms with van der Waals surface area (Å²) >= 11 is 0. The second kappa shape index (κ2) is 5.20. The van der Waals surface area contributed by atoms with Crippen LogP contribution >= 0.6 is 0 Å². The minimum Gasteiger partial charge on any atom is -0.344 e. The van der Waals surface area contributed by atoms with Crippen molar-refractivity contribution in [1.29, 1.82) is 0 Å². The molecule has 0 radical (unpaired) electrons. The van der Waals surface area contributed by atoms with Gasteiger partial charge in [0, 0.05) is 12.6 Å². The summed E-state index contributed by atoms with van der Waals surface area (Å²) in [5.74, 6) is -0.401. The SMILES string of the molecule is O=C1CCC(C(=O)N/N=C/c2ccccn2)N1. The van der Waals surface area contributed by atoms with E-state index in [2.05, 4.69) is 20.8 Å². The molecule has 0 aromatic carbocycles. The van der Waals surface area contributed by atoms with Crippen molar-refractivity contribution in [1.82, 2.24) is 15.7 Å². The largest absolute Gasteiger partial charge is 0.344 e. The molecular formula is C11H12N4O2. The van der Waals surface area contributed by atoms with E-state index in [1.807, 2.05) is 6.07 Å². The standard InChI is InChI=1S/C11H12N4O2/c16-10-5-4-9(14-10)11(17)15-13-7-8-3-1-2-6-12-8/h1-3,6-7,9H,4-5H2,(H,14,16)(H,15,17)/b13-7+. The van der Waals surface area contributed by atoms with Crippen LogP contribution in [-0.4, -0.2) is 29.1 Å². The number of aromatic nitrogens is 1. The fourth-order valence-corrected chi connectivity index (χ4v) is 1.50. The summed E-state index contributed by atoms with van der Waals surface area (Å²) < 4.78 is 0. The van der Waals surface area contributed by atoms with E-state index < -0.39 is 6.04 Å². The number of carbonyl (C=O) groups is 2. The van der Waals surface area contributed by atoms with Gasteiger partial charge in [-0.2, -0.15) is 5.10 Å². The molecule has 0 aliphatic carbocycles. The predicted octanol–water partition coefficient (Wildman–Crippen LogP) is -0.190. The number of hydrazone groups is 1. The first-order chi connectivity index (χ1) is 8.25. The molecule has 1 aliphatic heterocycles. The van der Waals surface area contributed by atoms with Crippen LogP contribution in [0.5, 0.6) is 0 Å². The Morgan fingerprint density at radius 3 is 3.12 bits per heavy atom. The van der Waals surface area contributed by atoms with Gasteiger partial charge in [0.15, 0.2) is 0 Å². The van der Waals surface area contributed by atoms with Crippen LogP contribution in [0.25, 0.3) is 0 Å². The van der Waals surface area contributed by atoms with E-state index in [0.717, 1.165) is 0 Å². The summed E-state index contributed by atoms with van der Waals surface area (Å²) in [5, 5.41) is 6.33. The first-order valence-corrected chi connectivity index (χ1v) is 5.29. The topological polar surface area (TPSA) is 83.5 Å². The van der Waals surface area contributed by atoms with Crippen LogP contribution < -0.4 is 10.7 Å². The van der Waals surface area contributed by atoms with Crippen molar-refractivity contribution in [2.24, 2.45) is 5.10 Å². The number of amides is 2.